The number of rotatable bonds is 6. The molecule has 0 aliphatic carbocycles. The van der Waals surface area contributed by atoms with E-state index in [0.29, 0.717) is 6.54 Å². The highest BCUT2D eigenvalue weighted by atomic mass is 16.6. The molecule has 0 radical (unpaired) electrons. The number of carbonyl (C=O) groups excluding carboxylic acids is 2. The number of carbonyl (C=O) groups is 2. The third-order valence-corrected chi connectivity index (χ3v) is 1.66. The number of methoxy groups -OCH3 is 1. The van der Waals surface area contributed by atoms with E-state index in [1.54, 1.807) is 6.92 Å². The normalized spacial score (nSPS) is 11.4. The highest BCUT2D eigenvalue weighted by Gasteiger charge is 2.12. The van der Waals surface area contributed by atoms with Crippen molar-refractivity contribution in [1.29, 1.82) is 0 Å². The highest BCUT2D eigenvalue weighted by molar-refractivity contribution is 5.67. The van der Waals surface area contributed by atoms with Crippen molar-refractivity contribution in [3.8, 4) is 0 Å². The molecule has 0 saturated carbocycles. The van der Waals surface area contributed by atoms with E-state index >= 15 is 0 Å². The molecule has 0 rings (SSSR count). The molecule has 2 N–H and O–H groups in total. The molecule has 16 heavy (non-hydrogen) atoms. The van der Waals surface area contributed by atoms with Crippen molar-refractivity contribution in [2.75, 3.05) is 33.9 Å². The molecule has 0 aliphatic rings. The van der Waals surface area contributed by atoms with Crippen LogP contribution in [-0.2, 0) is 14.2 Å². The summed E-state index contributed by atoms with van der Waals surface area (Å²) < 4.78 is 14.5. The summed E-state index contributed by atoms with van der Waals surface area (Å²) in [4.78, 5) is 21.7. The molecule has 0 spiro atoms. The first kappa shape index (κ1) is 14.5. The van der Waals surface area contributed by atoms with Gasteiger partial charge in [0.25, 0.3) is 0 Å². The third kappa shape index (κ3) is 6.88. The Morgan fingerprint density at radius 3 is 2.19 bits per heavy atom. The molecular weight excluding hydrogens is 216 g/mol. The van der Waals surface area contributed by atoms with Crippen LogP contribution in [0.1, 0.15) is 6.92 Å². The molecule has 0 fully saturated rings. The van der Waals surface area contributed by atoms with Crippen molar-refractivity contribution in [2.24, 2.45) is 0 Å². The fraction of sp³-hybridized carbons (Fsp3) is 0.778. The second kappa shape index (κ2) is 8.78. The average Bonchev–Trinajstić information content (AvgIpc) is 2.29. The standard InChI is InChI=1S/C9H18N2O5/c1-4-11-9(13)16-6-7(14-3)5-15-8(12)10-2/h7H,4-6H2,1-3H3,(H,10,12)(H,11,13). The Morgan fingerprint density at radius 1 is 1.19 bits per heavy atom. The summed E-state index contributed by atoms with van der Waals surface area (Å²) in [6.07, 6.45) is -1.55. The highest BCUT2D eigenvalue weighted by Crippen LogP contribution is 1.94. The molecule has 94 valence electrons. The van der Waals surface area contributed by atoms with Gasteiger partial charge in [-0.3, -0.25) is 0 Å². The SMILES string of the molecule is CCNC(=O)OCC(COC(=O)NC)OC. The van der Waals surface area contributed by atoms with Crippen LogP contribution in [0.25, 0.3) is 0 Å². The average molecular weight is 234 g/mol. The lowest BCUT2D eigenvalue weighted by Gasteiger charge is -2.15. The van der Waals surface area contributed by atoms with E-state index < -0.39 is 18.3 Å². The first-order chi connectivity index (χ1) is 7.63. The van der Waals surface area contributed by atoms with Gasteiger partial charge in [-0.2, -0.15) is 0 Å². The van der Waals surface area contributed by atoms with Crippen LogP contribution in [0.15, 0.2) is 0 Å². The van der Waals surface area contributed by atoms with Gasteiger partial charge in [0, 0.05) is 20.7 Å². The number of hydrogen-bond acceptors (Lipinski definition) is 5. The maximum atomic E-state index is 10.9. The molecule has 0 aromatic rings. The first-order valence-corrected chi connectivity index (χ1v) is 4.91. The summed E-state index contributed by atoms with van der Waals surface area (Å²) in [6, 6.07) is 0. The zero-order chi connectivity index (χ0) is 12.4. The zero-order valence-corrected chi connectivity index (χ0v) is 9.74. The van der Waals surface area contributed by atoms with Crippen LogP contribution in [0.5, 0.6) is 0 Å². The lowest BCUT2D eigenvalue weighted by atomic mass is 10.4. The minimum Gasteiger partial charge on any atom is -0.447 e. The molecule has 7 heteroatoms. The minimum atomic E-state index is -0.556. The number of alkyl carbamates (subject to hydrolysis) is 2. The van der Waals surface area contributed by atoms with Crippen LogP contribution < -0.4 is 10.6 Å². The second-order valence-corrected chi connectivity index (χ2v) is 2.83. The number of ether oxygens (including phenoxy) is 3. The van der Waals surface area contributed by atoms with E-state index in [1.165, 1.54) is 14.2 Å². The van der Waals surface area contributed by atoms with Crippen molar-refractivity contribution < 1.29 is 23.8 Å². The van der Waals surface area contributed by atoms with E-state index in [2.05, 4.69) is 10.6 Å². The Morgan fingerprint density at radius 2 is 1.75 bits per heavy atom. The van der Waals surface area contributed by atoms with Gasteiger partial charge >= 0.3 is 12.2 Å². The van der Waals surface area contributed by atoms with Crippen molar-refractivity contribution in [2.45, 2.75) is 13.0 Å². The van der Waals surface area contributed by atoms with Crippen LogP contribution >= 0.6 is 0 Å². The van der Waals surface area contributed by atoms with Crippen LogP contribution in [0, 0.1) is 0 Å². The predicted octanol–water partition coefficient (Wildman–Crippen LogP) is 0.103. The van der Waals surface area contributed by atoms with Gasteiger partial charge in [-0.1, -0.05) is 0 Å². The lowest BCUT2D eigenvalue weighted by Crippen LogP contribution is -2.32. The van der Waals surface area contributed by atoms with Crippen molar-refractivity contribution in [3.63, 3.8) is 0 Å². The molecule has 0 aliphatic heterocycles. The molecule has 2 amide bonds. The monoisotopic (exact) mass is 234 g/mol. The molecule has 0 aromatic heterocycles. The Hall–Kier alpha value is -1.50. The van der Waals surface area contributed by atoms with Gasteiger partial charge in [-0.15, -0.1) is 0 Å². The number of amides is 2. The Labute approximate surface area is 94.4 Å². The van der Waals surface area contributed by atoms with Crippen LogP contribution in [0.4, 0.5) is 9.59 Å². The van der Waals surface area contributed by atoms with Gasteiger partial charge in [0.2, 0.25) is 0 Å². The van der Waals surface area contributed by atoms with Crippen LogP contribution in [0.3, 0.4) is 0 Å². The summed E-state index contributed by atoms with van der Waals surface area (Å²) in [5.41, 5.74) is 0. The summed E-state index contributed by atoms with van der Waals surface area (Å²) >= 11 is 0. The summed E-state index contributed by atoms with van der Waals surface area (Å²) in [6.45, 7) is 2.32. The molecule has 7 nitrogen and oxygen atoms in total. The molecule has 1 unspecified atom stereocenters. The van der Waals surface area contributed by atoms with Gasteiger partial charge in [-0.05, 0) is 6.92 Å². The van der Waals surface area contributed by atoms with Crippen molar-refractivity contribution in [1.82, 2.24) is 10.6 Å². The molecule has 0 aromatic carbocycles. The number of hydrogen-bond donors (Lipinski definition) is 2. The molecule has 0 saturated heterocycles. The van der Waals surface area contributed by atoms with Gasteiger partial charge in [0.15, 0.2) is 0 Å². The Kier molecular flexibility index (Phi) is 7.96. The van der Waals surface area contributed by atoms with E-state index in [0.717, 1.165) is 0 Å². The van der Waals surface area contributed by atoms with Gasteiger partial charge in [0.05, 0.1) is 0 Å². The summed E-state index contributed by atoms with van der Waals surface area (Å²) in [7, 11) is 2.90. The smallest absolute Gasteiger partial charge is 0.407 e. The van der Waals surface area contributed by atoms with Crippen LogP contribution in [-0.4, -0.2) is 52.2 Å². The molecule has 0 heterocycles. The van der Waals surface area contributed by atoms with Crippen molar-refractivity contribution >= 4 is 12.2 Å². The minimum absolute atomic E-state index is 0.0234. The lowest BCUT2D eigenvalue weighted by molar-refractivity contribution is -0.00408. The maximum Gasteiger partial charge on any atom is 0.407 e. The first-order valence-electron chi connectivity index (χ1n) is 4.91. The summed E-state index contributed by atoms with van der Waals surface area (Å²) in [5, 5.41) is 4.76. The van der Waals surface area contributed by atoms with E-state index in [1.807, 2.05) is 0 Å². The predicted molar refractivity (Wildman–Crippen MR) is 56.2 cm³/mol. The second-order valence-electron chi connectivity index (χ2n) is 2.83. The third-order valence-electron chi connectivity index (χ3n) is 1.66. The largest absolute Gasteiger partial charge is 0.447 e. The van der Waals surface area contributed by atoms with E-state index in [-0.39, 0.29) is 13.2 Å². The Bertz CT molecular complexity index is 222. The zero-order valence-electron chi connectivity index (χ0n) is 9.74. The van der Waals surface area contributed by atoms with E-state index in [4.69, 9.17) is 14.2 Å². The summed E-state index contributed by atoms with van der Waals surface area (Å²) in [5.74, 6) is 0. The van der Waals surface area contributed by atoms with Gasteiger partial charge in [0.1, 0.15) is 19.3 Å². The fourth-order valence-electron chi connectivity index (χ4n) is 0.789. The molecule has 0 bridgehead atoms. The van der Waals surface area contributed by atoms with Crippen molar-refractivity contribution in [3.05, 3.63) is 0 Å². The molecule has 1 atom stereocenters. The van der Waals surface area contributed by atoms with Gasteiger partial charge in [-0.25, -0.2) is 9.59 Å². The quantitative estimate of drug-likeness (QED) is 0.681. The number of nitrogens with one attached hydrogen (secondary N) is 2. The van der Waals surface area contributed by atoms with Gasteiger partial charge < -0.3 is 24.8 Å². The maximum absolute atomic E-state index is 10.9. The van der Waals surface area contributed by atoms with E-state index in [9.17, 15) is 9.59 Å². The van der Waals surface area contributed by atoms with Crippen LogP contribution in [0.2, 0.25) is 0 Å². The fourth-order valence-corrected chi connectivity index (χ4v) is 0.789. The Balaban J connectivity index is 3.74. The molecular formula is C9H18N2O5. The topological polar surface area (TPSA) is 85.9 Å².